The van der Waals surface area contributed by atoms with Gasteiger partial charge in [0.15, 0.2) is 0 Å². The smallest absolute Gasteiger partial charge is 0.203 e. The van der Waals surface area contributed by atoms with Crippen LogP contribution in [0.3, 0.4) is 0 Å². The van der Waals surface area contributed by atoms with E-state index in [0.717, 1.165) is 41.8 Å². The van der Waals surface area contributed by atoms with Crippen LogP contribution in [0, 0.1) is 6.92 Å². The van der Waals surface area contributed by atoms with E-state index in [9.17, 15) is 0 Å². The molecule has 1 aliphatic rings. The third-order valence-corrected chi connectivity index (χ3v) is 4.89. The molecule has 0 spiro atoms. The second kappa shape index (κ2) is 9.12. The predicted octanol–water partition coefficient (Wildman–Crippen LogP) is 3.39. The third-order valence-electron chi connectivity index (χ3n) is 4.02. The van der Waals surface area contributed by atoms with Crippen molar-refractivity contribution < 1.29 is 9.47 Å². The van der Waals surface area contributed by atoms with Crippen molar-refractivity contribution in [3.8, 4) is 5.75 Å². The molecule has 0 bridgehead atoms. The van der Waals surface area contributed by atoms with Crippen LogP contribution in [-0.4, -0.2) is 54.5 Å². The van der Waals surface area contributed by atoms with Gasteiger partial charge < -0.3 is 9.47 Å². The van der Waals surface area contributed by atoms with Crippen LogP contribution in [0.4, 0.5) is 5.13 Å². The molecule has 7 heteroatoms. The molecule has 140 valence electrons. The van der Waals surface area contributed by atoms with Crippen LogP contribution in [0.5, 0.6) is 5.75 Å². The number of hydrogen-bond donors (Lipinski definition) is 1. The van der Waals surface area contributed by atoms with Gasteiger partial charge in [0.1, 0.15) is 12.4 Å². The summed E-state index contributed by atoms with van der Waals surface area (Å²) in [5.74, 6) is 0.855. The highest BCUT2D eigenvalue weighted by atomic mass is 32.1. The van der Waals surface area contributed by atoms with Crippen LogP contribution in [0.1, 0.15) is 25.1 Å². The largest absolute Gasteiger partial charge is 0.492 e. The van der Waals surface area contributed by atoms with E-state index in [-0.39, 0.29) is 12.2 Å². The lowest BCUT2D eigenvalue weighted by atomic mass is 10.2. The fourth-order valence-corrected chi connectivity index (χ4v) is 3.65. The predicted molar refractivity (Wildman–Crippen MR) is 106 cm³/mol. The lowest BCUT2D eigenvalue weighted by Gasteiger charge is -2.35. The van der Waals surface area contributed by atoms with E-state index >= 15 is 0 Å². The third kappa shape index (κ3) is 5.79. The Morgan fingerprint density at radius 2 is 2.19 bits per heavy atom. The van der Waals surface area contributed by atoms with E-state index in [0.29, 0.717) is 6.61 Å². The van der Waals surface area contributed by atoms with Gasteiger partial charge in [-0.2, -0.15) is 5.10 Å². The molecule has 2 atom stereocenters. The average molecular weight is 375 g/mol. The average Bonchev–Trinajstić information content (AvgIpc) is 3.00. The van der Waals surface area contributed by atoms with Crippen LogP contribution < -0.4 is 10.2 Å². The molecule has 2 aromatic rings. The molecule has 26 heavy (non-hydrogen) atoms. The normalized spacial score (nSPS) is 21.2. The van der Waals surface area contributed by atoms with E-state index in [4.69, 9.17) is 9.47 Å². The molecule has 2 unspecified atom stereocenters. The lowest BCUT2D eigenvalue weighted by molar-refractivity contribution is -0.0699. The Morgan fingerprint density at radius 1 is 1.38 bits per heavy atom. The van der Waals surface area contributed by atoms with Crippen LogP contribution in [0.15, 0.2) is 34.7 Å². The molecule has 1 N–H and O–H groups in total. The summed E-state index contributed by atoms with van der Waals surface area (Å²) in [5.41, 5.74) is 4.92. The molecule has 0 radical (unpaired) electrons. The molecule has 1 aromatic carbocycles. The number of rotatable bonds is 7. The van der Waals surface area contributed by atoms with Gasteiger partial charge >= 0.3 is 0 Å². The summed E-state index contributed by atoms with van der Waals surface area (Å²) in [6.45, 7) is 9.69. The Hall–Kier alpha value is -1.96. The Balaban J connectivity index is 1.46. The number of anilines is 1. The first kappa shape index (κ1) is 18.8. The van der Waals surface area contributed by atoms with Crippen LogP contribution >= 0.6 is 11.3 Å². The first-order valence-corrected chi connectivity index (χ1v) is 9.78. The second-order valence-electron chi connectivity index (χ2n) is 6.60. The molecule has 0 amide bonds. The maximum absolute atomic E-state index is 5.91. The fraction of sp³-hybridized carbons (Fsp3) is 0.474. The van der Waals surface area contributed by atoms with Crippen LogP contribution in [0.25, 0.3) is 0 Å². The van der Waals surface area contributed by atoms with E-state index in [1.165, 1.54) is 11.3 Å². The highest BCUT2D eigenvalue weighted by Crippen LogP contribution is 2.15. The number of morpholine rings is 1. The van der Waals surface area contributed by atoms with Gasteiger partial charge in [0.25, 0.3) is 0 Å². The Bertz CT molecular complexity index is 724. The minimum atomic E-state index is 0.285. The summed E-state index contributed by atoms with van der Waals surface area (Å²) in [4.78, 5) is 6.70. The molecule has 0 saturated carbocycles. The standard InChI is InChI=1S/C19H26N4O2S/c1-14-13-26-19(21-14)22-20-10-17-5-4-6-18(9-17)24-8-7-23-11-15(2)25-16(3)12-23/h4-6,9-10,13,15-16H,7-8,11-12H2,1-3H3,(H,21,22). The molecular weight excluding hydrogens is 348 g/mol. The van der Waals surface area contributed by atoms with E-state index in [1.54, 1.807) is 6.21 Å². The number of hydrogen-bond acceptors (Lipinski definition) is 7. The molecule has 1 aliphatic heterocycles. The maximum Gasteiger partial charge on any atom is 0.203 e. The lowest BCUT2D eigenvalue weighted by Crippen LogP contribution is -2.46. The number of aromatic nitrogens is 1. The van der Waals surface area contributed by atoms with Gasteiger partial charge in [-0.3, -0.25) is 10.3 Å². The van der Waals surface area contributed by atoms with Gasteiger partial charge in [-0.25, -0.2) is 4.98 Å². The van der Waals surface area contributed by atoms with Crippen molar-refractivity contribution in [2.24, 2.45) is 5.10 Å². The maximum atomic E-state index is 5.91. The zero-order valence-electron chi connectivity index (χ0n) is 15.5. The number of thiazole rings is 1. The van der Waals surface area contributed by atoms with Crippen molar-refractivity contribution in [2.45, 2.75) is 33.0 Å². The summed E-state index contributed by atoms with van der Waals surface area (Å²) in [5, 5.41) is 7.01. The quantitative estimate of drug-likeness (QED) is 0.595. The summed E-state index contributed by atoms with van der Waals surface area (Å²) in [6.07, 6.45) is 2.34. The molecule has 1 saturated heterocycles. The van der Waals surface area contributed by atoms with E-state index in [1.807, 2.05) is 36.6 Å². The second-order valence-corrected chi connectivity index (χ2v) is 7.46. The van der Waals surface area contributed by atoms with Gasteiger partial charge in [0, 0.05) is 25.0 Å². The molecule has 1 fully saturated rings. The monoisotopic (exact) mass is 374 g/mol. The number of ether oxygens (including phenoxy) is 2. The Labute approximate surface area is 158 Å². The highest BCUT2D eigenvalue weighted by molar-refractivity contribution is 7.13. The van der Waals surface area contributed by atoms with Crippen molar-refractivity contribution in [1.29, 1.82) is 0 Å². The highest BCUT2D eigenvalue weighted by Gasteiger charge is 2.21. The Kier molecular flexibility index (Phi) is 6.60. The van der Waals surface area contributed by atoms with Gasteiger partial charge in [0.2, 0.25) is 5.13 Å². The molecule has 3 rings (SSSR count). The summed E-state index contributed by atoms with van der Waals surface area (Å²) >= 11 is 1.54. The number of hydrazone groups is 1. The van der Waals surface area contributed by atoms with Crippen molar-refractivity contribution in [1.82, 2.24) is 9.88 Å². The van der Waals surface area contributed by atoms with Crippen molar-refractivity contribution in [3.05, 3.63) is 40.9 Å². The molecule has 0 aliphatic carbocycles. The molecule has 2 heterocycles. The number of nitrogens with zero attached hydrogens (tertiary/aromatic N) is 3. The minimum Gasteiger partial charge on any atom is -0.492 e. The van der Waals surface area contributed by atoms with Crippen molar-refractivity contribution >= 4 is 22.7 Å². The van der Waals surface area contributed by atoms with E-state index in [2.05, 4.69) is 34.3 Å². The molecule has 6 nitrogen and oxygen atoms in total. The minimum absolute atomic E-state index is 0.285. The van der Waals surface area contributed by atoms with Crippen LogP contribution in [-0.2, 0) is 4.74 Å². The number of aryl methyl sites for hydroxylation is 1. The topological polar surface area (TPSA) is 59.0 Å². The zero-order chi connectivity index (χ0) is 18.4. The number of benzene rings is 1. The number of nitrogens with one attached hydrogen (secondary N) is 1. The molecule has 1 aromatic heterocycles. The Morgan fingerprint density at radius 3 is 2.92 bits per heavy atom. The van der Waals surface area contributed by atoms with E-state index < -0.39 is 0 Å². The fourth-order valence-electron chi connectivity index (χ4n) is 3.01. The first-order chi connectivity index (χ1) is 12.6. The SMILES string of the molecule is Cc1csc(NN=Cc2cccc(OCCN3CC(C)OC(C)C3)c2)n1. The van der Waals surface area contributed by atoms with Gasteiger partial charge in [-0.1, -0.05) is 12.1 Å². The van der Waals surface area contributed by atoms with Gasteiger partial charge in [-0.15, -0.1) is 11.3 Å². The first-order valence-electron chi connectivity index (χ1n) is 8.90. The van der Waals surface area contributed by atoms with Crippen molar-refractivity contribution in [3.63, 3.8) is 0 Å². The molecular formula is C19H26N4O2S. The van der Waals surface area contributed by atoms with Gasteiger partial charge in [0.05, 0.1) is 24.1 Å². The van der Waals surface area contributed by atoms with Crippen molar-refractivity contribution in [2.75, 3.05) is 31.7 Å². The summed E-state index contributed by atoms with van der Waals surface area (Å²) in [6, 6.07) is 7.93. The summed E-state index contributed by atoms with van der Waals surface area (Å²) < 4.78 is 11.7. The van der Waals surface area contributed by atoms with Crippen LogP contribution in [0.2, 0.25) is 0 Å². The van der Waals surface area contributed by atoms with Gasteiger partial charge in [-0.05, 0) is 38.5 Å². The zero-order valence-corrected chi connectivity index (χ0v) is 16.3. The summed E-state index contributed by atoms with van der Waals surface area (Å²) in [7, 11) is 0.